The van der Waals surface area contributed by atoms with Crippen molar-refractivity contribution in [3.63, 3.8) is 0 Å². The van der Waals surface area contributed by atoms with Crippen LogP contribution in [0.3, 0.4) is 0 Å². The third kappa shape index (κ3) is 6.10. The van der Waals surface area contributed by atoms with Gasteiger partial charge in [0.2, 0.25) is 0 Å². The predicted octanol–water partition coefficient (Wildman–Crippen LogP) is 3.97. The summed E-state index contributed by atoms with van der Waals surface area (Å²) >= 11 is 0. The molecule has 0 atom stereocenters. The van der Waals surface area contributed by atoms with Crippen LogP contribution in [0.25, 0.3) is 10.9 Å². The van der Waals surface area contributed by atoms with E-state index in [9.17, 15) is 27.2 Å². The molecule has 2 heterocycles. The van der Waals surface area contributed by atoms with Gasteiger partial charge in [-0.1, -0.05) is 6.07 Å². The number of methoxy groups -OCH3 is 1. The highest BCUT2D eigenvalue weighted by molar-refractivity contribution is 5.95. The fraction of sp³-hybridized carbons (Fsp3) is 0.333. The van der Waals surface area contributed by atoms with E-state index in [0.29, 0.717) is 43.8 Å². The topological polar surface area (TPSA) is 83.7 Å². The molecule has 0 spiro atoms. The number of hydrogen-bond acceptors (Lipinski definition) is 5. The number of ether oxygens (including phenoxy) is 2. The number of nitrogens with zero attached hydrogens (tertiary/aromatic N) is 1. The van der Waals surface area contributed by atoms with Crippen molar-refractivity contribution in [2.75, 3.05) is 20.2 Å². The van der Waals surface area contributed by atoms with Gasteiger partial charge in [0.15, 0.2) is 5.43 Å². The molecule has 4 rings (SSSR count). The molecule has 1 amide bonds. The molecule has 1 saturated heterocycles. The minimum Gasteiger partial charge on any atom is -0.497 e. The van der Waals surface area contributed by atoms with Crippen molar-refractivity contribution in [2.45, 2.75) is 31.8 Å². The molecule has 0 unspecified atom stereocenters. The summed E-state index contributed by atoms with van der Waals surface area (Å²) in [6.45, 7) is 1.68. The number of aromatic nitrogens is 1. The van der Waals surface area contributed by atoms with Crippen molar-refractivity contribution in [2.24, 2.45) is 0 Å². The smallest absolute Gasteiger partial charge is 0.497 e. The third-order valence-electron chi connectivity index (χ3n) is 5.86. The Morgan fingerprint density at radius 3 is 2.49 bits per heavy atom. The maximum absolute atomic E-state index is 14.2. The first kappa shape index (κ1) is 24.5. The zero-order chi connectivity index (χ0) is 25.2. The number of pyridine rings is 1. The van der Waals surface area contributed by atoms with Crippen molar-refractivity contribution in [1.29, 1.82) is 0 Å². The Balaban J connectivity index is 1.38. The number of hydrogen-bond donors (Lipinski definition) is 2. The lowest BCUT2D eigenvalue weighted by molar-refractivity contribution is -0.274. The van der Waals surface area contributed by atoms with E-state index in [0.717, 1.165) is 18.2 Å². The minimum absolute atomic E-state index is 0.0562. The molecule has 186 valence electrons. The summed E-state index contributed by atoms with van der Waals surface area (Å²) < 4.78 is 60.6. The lowest BCUT2D eigenvalue weighted by Gasteiger charge is -2.32. The lowest BCUT2D eigenvalue weighted by atomic mass is 10.0. The number of carbonyl (C=O) groups is 1. The molecular formula is C24H23F4N3O4. The number of likely N-dealkylation sites (tertiary alicyclic amines) is 1. The van der Waals surface area contributed by atoms with Crippen LogP contribution in [0.4, 0.5) is 17.6 Å². The molecule has 0 saturated carbocycles. The number of amides is 1. The van der Waals surface area contributed by atoms with Crippen LogP contribution >= 0.6 is 0 Å². The highest BCUT2D eigenvalue weighted by Crippen LogP contribution is 2.25. The summed E-state index contributed by atoms with van der Waals surface area (Å²) in [5, 5.41) is 2.99. The van der Waals surface area contributed by atoms with Gasteiger partial charge in [-0.15, -0.1) is 13.2 Å². The van der Waals surface area contributed by atoms with Gasteiger partial charge >= 0.3 is 6.36 Å². The number of alkyl halides is 3. The zero-order valence-electron chi connectivity index (χ0n) is 18.7. The van der Waals surface area contributed by atoms with Gasteiger partial charge in [0, 0.05) is 54.8 Å². The molecule has 0 bridgehead atoms. The summed E-state index contributed by atoms with van der Waals surface area (Å²) in [6, 6.07) is 8.94. The molecule has 7 nitrogen and oxygen atoms in total. The van der Waals surface area contributed by atoms with Gasteiger partial charge in [0.1, 0.15) is 23.0 Å². The lowest BCUT2D eigenvalue weighted by Crippen LogP contribution is -2.44. The van der Waals surface area contributed by atoms with Crippen LogP contribution in [0.15, 0.2) is 47.3 Å². The van der Waals surface area contributed by atoms with Gasteiger partial charge in [0.25, 0.3) is 5.91 Å². The Morgan fingerprint density at radius 1 is 1.11 bits per heavy atom. The van der Waals surface area contributed by atoms with E-state index >= 15 is 0 Å². The molecule has 1 fully saturated rings. The van der Waals surface area contributed by atoms with Crippen molar-refractivity contribution in [1.82, 2.24) is 15.2 Å². The monoisotopic (exact) mass is 493 g/mol. The Labute approximate surface area is 197 Å². The van der Waals surface area contributed by atoms with Gasteiger partial charge in [-0.05, 0) is 31.0 Å². The van der Waals surface area contributed by atoms with Gasteiger partial charge in [-0.2, -0.15) is 0 Å². The Hall–Kier alpha value is -3.60. The highest BCUT2D eigenvalue weighted by atomic mass is 19.4. The Morgan fingerprint density at radius 2 is 1.83 bits per heavy atom. The second-order valence-electron chi connectivity index (χ2n) is 8.28. The van der Waals surface area contributed by atoms with Crippen LogP contribution in [0.2, 0.25) is 0 Å². The summed E-state index contributed by atoms with van der Waals surface area (Å²) in [6.07, 6.45) is -3.65. The predicted molar refractivity (Wildman–Crippen MR) is 120 cm³/mol. The average molecular weight is 493 g/mol. The van der Waals surface area contributed by atoms with Gasteiger partial charge in [-0.25, -0.2) is 4.39 Å². The van der Waals surface area contributed by atoms with Crippen molar-refractivity contribution in [3.05, 3.63) is 69.8 Å². The molecule has 1 aromatic heterocycles. The van der Waals surface area contributed by atoms with Crippen LogP contribution in [0.5, 0.6) is 11.5 Å². The van der Waals surface area contributed by atoms with Gasteiger partial charge in [0.05, 0.1) is 12.6 Å². The van der Waals surface area contributed by atoms with E-state index in [1.165, 1.54) is 19.2 Å². The first-order valence-corrected chi connectivity index (χ1v) is 10.9. The number of H-pyrrole nitrogens is 1. The molecule has 1 aliphatic rings. The van der Waals surface area contributed by atoms with E-state index in [4.69, 9.17) is 4.74 Å². The maximum Gasteiger partial charge on any atom is 0.573 e. The summed E-state index contributed by atoms with van der Waals surface area (Å²) in [5.41, 5.74) is 0.0461. The zero-order valence-corrected chi connectivity index (χ0v) is 18.7. The molecular weight excluding hydrogens is 470 g/mol. The molecule has 1 aliphatic heterocycles. The molecule has 35 heavy (non-hydrogen) atoms. The molecule has 3 aromatic rings. The molecule has 0 aliphatic carbocycles. The van der Waals surface area contributed by atoms with Crippen LogP contribution in [-0.2, 0) is 6.54 Å². The number of benzene rings is 2. The van der Waals surface area contributed by atoms with E-state index in [1.807, 2.05) is 0 Å². The number of halogens is 4. The van der Waals surface area contributed by atoms with Crippen molar-refractivity contribution in [3.8, 4) is 11.5 Å². The molecule has 2 N–H and O–H groups in total. The Bertz CT molecular complexity index is 1280. The van der Waals surface area contributed by atoms with Gasteiger partial charge in [-0.3, -0.25) is 14.5 Å². The number of aromatic amines is 1. The van der Waals surface area contributed by atoms with E-state index < -0.39 is 23.4 Å². The highest BCUT2D eigenvalue weighted by Gasteiger charge is 2.31. The maximum atomic E-state index is 14.2. The largest absolute Gasteiger partial charge is 0.573 e. The fourth-order valence-corrected chi connectivity index (χ4v) is 4.07. The van der Waals surface area contributed by atoms with Crippen LogP contribution in [0.1, 0.15) is 28.9 Å². The van der Waals surface area contributed by atoms with Crippen molar-refractivity contribution >= 4 is 16.8 Å². The van der Waals surface area contributed by atoms with Crippen molar-refractivity contribution < 1.29 is 31.8 Å². The second kappa shape index (κ2) is 9.95. The van der Waals surface area contributed by atoms with Crippen LogP contribution < -0.4 is 20.2 Å². The summed E-state index contributed by atoms with van der Waals surface area (Å²) in [5.74, 6) is -0.933. The fourth-order valence-electron chi connectivity index (χ4n) is 4.07. The SMILES string of the molecule is COc1ccc(CN2CCC(NC(=O)c3cc(=O)c4ccc(OC(F)(F)F)cc4[nH]3)CC2)c(F)c1. The molecule has 11 heteroatoms. The van der Waals surface area contributed by atoms with Crippen LogP contribution in [0, 0.1) is 5.82 Å². The van der Waals surface area contributed by atoms with Crippen LogP contribution in [-0.4, -0.2) is 48.4 Å². The van der Waals surface area contributed by atoms with E-state index in [-0.39, 0.29) is 28.5 Å². The first-order valence-electron chi connectivity index (χ1n) is 10.9. The standard InChI is InChI=1S/C24H23F4N3O4/c1-34-16-3-2-14(19(25)10-16)13-31-8-6-15(7-9-31)29-23(33)21-12-22(32)18-5-4-17(11-20(18)30-21)35-24(26,27)28/h2-5,10-12,15H,6-9,13H2,1H3,(H,29,33)(H,30,32). The Kier molecular flexibility index (Phi) is 6.97. The summed E-state index contributed by atoms with van der Waals surface area (Å²) in [7, 11) is 1.47. The average Bonchev–Trinajstić information content (AvgIpc) is 2.80. The number of rotatable bonds is 6. The molecule has 0 radical (unpaired) electrons. The van der Waals surface area contributed by atoms with Gasteiger partial charge < -0.3 is 19.8 Å². The van der Waals surface area contributed by atoms with E-state index in [1.54, 1.807) is 12.1 Å². The second-order valence-corrected chi connectivity index (χ2v) is 8.28. The normalized spacial score (nSPS) is 15.2. The number of fused-ring (bicyclic) bond motifs is 1. The quantitative estimate of drug-likeness (QED) is 0.508. The summed E-state index contributed by atoms with van der Waals surface area (Å²) in [4.78, 5) is 29.9. The first-order chi connectivity index (χ1) is 16.6. The minimum atomic E-state index is -4.88. The third-order valence-corrected chi connectivity index (χ3v) is 5.86. The number of carbonyl (C=O) groups excluding carboxylic acids is 1. The number of nitrogens with one attached hydrogen (secondary N) is 2. The van der Waals surface area contributed by atoms with E-state index in [2.05, 4.69) is 19.9 Å². The molecule has 2 aromatic carbocycles. The number of piperidine rings is 1.